The molecule has 11 heteroatoms. The Balaban J connectivity index is 1.72. The lowest BCUT2D eigenvalue weighted by Crippen LogP contribution is -2.28. The lowest BCUT2D eigenvalue weighted by atomic mass is 10.2. The number of anilines is 1. The Kier molecular flexibility index (Phi) is 7.67. The number of unbranched alkanes of at least 4 members (excludes halogenated alkanes) is 1. The van der Waals surface area contributed by atoms with Crippen LogP contribution in [0.5, 0.6) is 11.5 Å². The Bertz CT molecular complexity index is 1210. The first-order valence-electron chi connectivity index (χ1n) is 10.2. The number of carbonyl (C=O) groups is 1. The van der Waals surface area contributed by atoms with Crippen LogP contribution in [0, 0.1) is 0 Å². The van der Waals surface area contributed by atoms with Crippen molar-refractivity contribution in [2.24, 2.45) is 0 Å². The molecule has 0 unspecified atom stereocenters. The van der Waals surface area contributed by atoms with Gasteiger partial charge >= 0.3 is 6.01 Å². The highest BCUT2D eigenvalue weighted by atomic mass is 32.2. The van der Waals surface area contributed by atoms with Gasteiger partial charge in [0.05, 0.1) is 24.7 Å². The number of sulfonamides is 1. The number of nitrogens with one attached hydrogen (secondary N) is 1. The quantitative estimate of drug-likeness (QED) is 0.474. The minimum Gasteiger partial charge on any atom is -0.497 e. The number of ether oxygens (including phenoxy) is 2. The van der Waals surface area contributed by atoms with E-state index in [1.54, 1.807) is 25.3 Å². The van der Waals surface area contributed by atoms with Crippen LogP contribution in [0.15, 0.2) is 51.8 Å². The first kappa shape index (κ1) is 24.2. The molecule has 0 saturated heterocycles. The predicted octanol–water partition coefficient (Wildman–Crippen LogP) is 3.43. The first-order chi connectivity index (χ1) is 15.8. The second-order valence-corrected chi connectivity index (χ2v) is 9.18. The van der Waals surface area contributed by atoms with Gasteiger partial charge in [0, 0.05) is 25.2 Å². The number of hydrogen-bond acceptors (Lipinski definition) is 8. The minimum absolute atomic E-state index is 0.108. The average Bonchev–Trinajstić information content (AvgIpc) is 3.30. The molecule has 0 aliphatic heterocycles. The molecule has 176 valence electrons. The summed E-state index contributed by atoms with van der Waals surface area (Å²) in [5.74, 6) is 0.707. The zero-order valence-corrected chi connectivity index (χ0v) is 19.7. The molecular weight excluding hydrogens is 448 g/mol. The Labute approximate surface area is 192 Å². The molecule has 3 aromatic rings. The highest BCUT2D eigenvalue weighted by molar-refractivity contribution is 7.89. The molecule has 0 aliphatic carbocycles. The third kappa shape index (κ3) is 5.49. The number of rotatable bonds is 10. The highest BCUT2D eigenvalue weighted by Crippen LogP contribution is 2.33. The monoisotopic (exact) mass is 474 g/mol. The number of amides is 1. The fourth-order valence-corrected chi connectivity index (χ4v) is 4.20. The van der Waals surface area contributed by atoms with Crippen LogP contribution in [0.4, 0.5) is 6.01 Å². The van der Waals surface area contributed by atoms with Gasteiger partial charge in [-0.1, -0.05) is 18.4 Å². The number of nitrogens with zero attached hydrogens (tertiary/aromatic N) is 3. The van der Waals surface area contributed by atoms with Crippen LogP contribution in [0.1, 0.15) is 30.1 Å². The Morgan fingerprint density at radius 3 is 2.45 bits per heavy atom. The van der Waals surface area contributed by atoms with E-state index in [0.717, 1.165) is 12.8 Å². The molecular formula is C22H26N4O6S. The van der Waals surface area contributed by atoms with Gasteiger partial charge in [0.1, 0.15) is 11.5 Å². The van der Waals surface area contributed by atoms with Crippen molar-refractivity contribution < 1.29 is 27.1 Å². The second kappa shape index (κ2) is 10.5. The van der Waals surface area contributed by atoms with Gasteiger partial charge in [-0.05, 0) is 42.8 Å². The lowest BCUT2D eigenvalue weighted by molar-refractivity contribution is 0.102. The molecule has 0 spiro atoms. The molecule has 1 N–H and O–H groups in total. The van der Waals surface area contributed by atoms with Crippen LogP contribution in [0.2, 0.25) is 0 Å². The first-order valence-corrected chi connectivity index (χ1v) is 11.7. The maximum absolute atomic E-state index is 12.6. The average molecular weight is 475 g/mol. The van der Waals surface area contributed by atoms with E-state index in [-0.39, 0.29) is 22.4 Å². The molecule has 3 rings (SSSR count). The van der Waals surface area contributed by atoms with Crippen molar-refractivity contribution in [1.29, 1.82) is 0 Å². The molecule has 10 nitrogen and oxygen atoms in total. The SMILES string of the molecule is CCCCN(C)S(=O)(=O)c1ccc(C(=O)Nc2nnc(-c3ccc(OC)cc3OC)o2)cc1. The molecule has 0 fully saturated rings. The fourth-order valence-electron chi connectivity index (χ4n) is 2.99. The van der Waals surface area contributed by atoms with Crippen LogP contribution in [0.3, 0.4) is 0 Å². The number of aromatic nitrogens is 2. The number of methoxy groups -OCH3 is 2. The molecule has 33 heavy (non-hydrogen) atoms. The number of hydrogen-bond donors (Lipinski definition) is 1. The summed E-state index contributed by atoms with van der Waals surface area (Å²) >= 11 is 0. The normalized spacial score (nSPS) is 11.4. The van der Waals surface area contributed by atoms with Crippen molar-refractivity contribution in [3.05, 3.63) is 48.0 Å². The maximum Gasteiger partial charge on any atom is 0.322 e. The summed E-state index contributed by atoms with van der Waals surface area (Å²) in [4.78, 5) is 12.7. The molecule has 0 atom stereocenters. The summed E-state index contributed by atoms with van der Waals surface area (Å²) < 4.78 is 42.6. The van der Waals surface area contributed by atoms with Gasteiger partial charge < -0.3 is 13.9 Å². The lowest BCUT2D eigenvalue weighted by Gasteiger charge is -2.16. The molecule has 1 heterocycles. The van der Waals surface area contributed by atoms with Gasteiger partial charge in [-0.25, -0.2) is 12.7 Å². The van der Waals surface area contributed by atoms with Crippen LogP contribution in [-0.2, 0) is 10.0 Å². The zero-order chi connectivity index (χ0) is 24.0. The zero-order valence-electron chi connectivity index (χ0n) is 18.9. The van der Waals surface area contributed by atoms with Crippen molar-refractivity contribution in [3.8, 4) is 23.0 Å². The van der Waals surface area contributed by atoms with Crippen LogP contribution >= 0.6 is 0 Å². The van der Waals surface area contributed by atoms with E-state index in [2.05, 4.69) is 15.5 Å². The summed E-state index contributed by atoms with van der Waals surface area (Å²) in [6.07, 6.45) is 1.66. The van der Waals surface area contributed by atoms with Crippen molar-refractivity contribution in [2.75, 3.05) is 33.1 Å². The Morgan fingerprint density at radius 1 is 1.09 bits per heavy atom. The van der Waals surface area contributed by atoms with Crippen LogP contribution in [0.25, 0.3) is 11.5 Å². The Morgan fingerprint density at radius 2 is 1.82 bits per heavy atom. The van der Waals surface area contributed by atoms with Crippen LogP contribution in [-0.4, -0.2) is 56.6 Å². The molecule has 2 aromatic carbocycles. The number of benzene rings is 2. The van der Waals surface area contributed by atoms with E-state index in [1.807, 2.05) is 6.92 Å². The van der Waals surface area contributed by atoms with E-state index in [9.17, 15) is 13.2 Å². The van der Waals surface area contributed by atoms with Crippen molar-refractivity contribution in [2.45, 2.75) is 24.7 Å². The molecule has 1 aromatic heterocycles. The second-order valence-electron chi connectivity index (χ2n) is 7.14. The molecule has 1 amide bonds. The van der Waals surface area contributed by atoms with E-state index in [4.69, 9.17) is 13.9 Å². The van der Waals surface area contributed by atoms with Gasteiger partial charge in [0.15, 0.2) is 0 Å². The van der Waals surface area contributed by atoms with Gasteiger partial charge in [0.2, 0.25) is 10.0 Å². The predicted molar refractivity (Wildman–Crippen MR) is 122 cm³/mol. The molecule has 0 bridgehead atoms. The summed E-state index contributed by atoms with van der Waals surface area (Å²) in [7, 11) is 0.973. The largest absolute Gasteiger partial charge is 0.497 e. The number of carbonyl (C=O) groups excluding carboxylic acids is 1. The summed E-state index contributed by atoms with van der Waals surface area (Å²) in [6, 6.07) is 10.6. The standard InChI is InChI=1S/C22H26N4O6S/c1-5-6-13-26(2)33(28,29)17-10-7-15(8-11-17)20(27)23-22-25-24-21(32-22)18-12-9-16(30-3)14-19(18)31-4/h7-12,14H,5-6,13H2,1-4H3,(H,23,25,27). The van der Waals surface area contributed by atoms with Gasteiger partial charge in [-0.3, -0.25) is 10.1 Å². The maximum atomic E-state index is 12.6. The van der Waals surface area contributed by atoms with Gasteiger partial charge in [-0.2, -0.15) is 0 Å². The van der Waals surface area contributed by atoms with Gasteiger partial charge in [-0.15, -0.1) is 5.10 Å². The van der Waals surface area contributed by atoms with E-state index in [0.29, 0.717) is 23.6 Å². The van der Waals surface area contributed by atoms with Gasteiger partial charge in [0.25, 0.3) is 11.8 Å². The minimum atomic E-state index is -3.61. The molecule has 0 saturated carbocycles. The third-order valence-corrected chi connectivity index (χ3v) is 6.81. The summed E-state index contributed by atoms with van der Waals surface area (Å²) in [5, 5.41) is 10.3. The van der Waals surface area contributed by atoms with Crippen molar-refractivity contribution in [1.82, 2.24) is 14.5 Å². The Hall–Kier alpha value is -3.44. The van der Waals surface area contributed by atoms with Crippen molar-refractivity contribution >= 4 is 21.9 Å². The third-order valence-electron chi connectivity index (χ3n) is 4.94. The fraction of sp³-hybridized carbons (Fsp3) is 0.318. The van der Waals surface area contributed by atoms with E-state index in [1.165, 1.54) is 42.7 Å². The van der Waals surface area contributed by atoms with E-state index < -0.39 is 15.9 Å². The summed E-state index contributed by atoms with van der Waals surface area (Å²) in [6.45, 7) is 2.42. The smallest absolute Gasteiger partial charge is 0.322 e. The summed E-state index contributed by atoms with van der Waals surface area (Å²) in [5.41, 5.74) is 0.778. The van der Waals surface area contributed by atoms with E-state index >= 15 is 0 Å². The van der Waals surface area contributed by atoms with Crippen LogP contribution < -0.4 is 14.8 Å². The van der Waals surface area contributed by atoms with Crippen molar-refractivity contribution in [3.63, 3.8) is 0 Å². The molecule has 0 radical (unpaired) electrons. The topological polar surface area (TPSA) is 124 Å². The highest BCUT2D eigenvalue weighted by Gasteiger charge is 2.21. The molecule has 0 aliphatic rings.